The average Bonchev–Trinajstić information content (AvgIpc) is 3.11. The maximum Gasteiger partial charge on any atom is 0.193 e. The lowest BCUT2D eigenvalue weighted by atomic mass is 9.53. The first kappa shape index (κ1) is 26.1. The fourth-order valence-electron chi connectivity index (χ4n) is 8.19. The van der Waals surface area contributed by atoms with Crippen molar-refractivity contribution < 1.29 is 59.7 Å². The number of hydrogen-bond donors (Lipinski definition) is 7. The van der Waals surface area contributed by atoms with Crippen LogP contribution in [0.3, 0.4) is 0 Å². The largest absolute Gasteiger partial charge is 0.507 e. The first-order valence-corrected chi connectivity index (χ1v) is 13.1. The second-order valence-electron chi connectivity index (χ2n) is 11.6. The third-order valence-corrected chi connectivity index (χ3v) is 9.69. The van der Waals surface area contributed by atoms with E-state index in [9.17, 15) is 59.7 Å². The zero-order valence-electron chi connectivity index (χ0n) is 21.9. The minimum absolute atomic E-state index is 0.00507. The topological polar surface area (TPSA) is 227 Å². The lowest BCUT2D eigenvalue weighted by Crippen LogP contribution is -2.56. The fraction of sp³-hybridized carbons (Fsp3) is 0.300. The number of aliphatic hydroxyl groups is 3. The summed E-state index contributed by atoms with van der Waals surface area (Å²) >= 11 is 0. The highest BCUT2D eigenvalue weighted by atomic mass is 16.3. The van der Waals surface area contributed by atoms with E-state index in [1.54, 1.807) is 0 Å². The van der Waals surface area contributed by atoms with Gasteiger partial charge in [-0.05, 0) is 31.6 Å². The molecule has 0 saturated heterocycles. The van der Waals surface area contributed by atoms with Crippen LogP contribution in [0, 0.1) is 24.2 Å². The van der Waals surface area contributed by atoms with Gasteiger partial charge in [0.1, 0.15) is 28.8 Å². The predicted molar refractivity (Wildman–Crippen MR) is 139 cm³/mol. The van der Waals surface area contributed by atoms with Crippen LogP contribution in [0.25, 0.3) is 5.76 Å². The van der Waals surface area contributed by atoms with E-state index in [-0.39, 0.29) is 11.1 Å². The van der Waals surface area contributed by atoms with Crippen molar-refractivity contribution >= 4 is 34.7 Å². The van der Waals surface area contributed by atoms with Crippen molar-refractivity contribution in [2.24, 2.45) is 17.3 Å². The minimum atomic E-state index is -2.52. The van der Waals surface area contributed by atoms with Gasteiger partial charge in [0, 0.05) is 29.4 Å². The van der Waals surface area contributed by atoms with Crippen LogP contribution in [0.2, 0.25) is 0 Å². The maximum absolute atomic E-state index is 14.6. The number of carbonyl (C=O) groups excluding carboxylic acids is 5. The number of benzene rings is 2. The standard InChI is InChI=1S/C30H22O12/c1-6-3-8(31)12-16(22(6)35)25(38)14-15-19-10(33)5-11(34)20-26(39)13-9(32)4-7(2)23(36)18(13)29(42)30(19,20)21(27(15)40)28(41)17(14)24(12)37/h3-4,10,15,19,21,27,32-33,36-40H,5H2,1-2H3/t10?,15?,19?,21?,27?,30-/m0/s1. The second kappa shape index (κ2) is 7.72. The third-order valence-electron chi connectivity index (χ3n) is 9.69. The highest BCUT2D eigenvalue weighted by molar-refractivity contribution is 6.29. The summed E-state index contributed by atoms with van der Waals surface area (Å²) in [6.07, 6.45) is -3.42. The summed E-state index contributed by atoms with van der Waals surface area (Å²) in [5.74, 6) is -14.3. The summed E-state index contributed by atoms with van der Waals surface area (Å²) < 4.78 is 0. The molecule has 0 amide bonds. The van der Waals surface area contributed by atoms with E-state index in [0.717, 1.165) is 12.1 Å². The van der Waals surface area contributed by atoms with Crippen LogP contribution in [0.5, 0.6) is 23.0 Å². The molecule has 2 aromatic carbocycles. The summed E-state index contributed by atoms with van der Waals surface area (Å²) in [5.41, 5.74) is -6.89. The van der Waals surface area contributed by atoms with Crippen LogP contribution >= 0.6 is 0 Å². The number of hydrogen-bond acceptors (Lipinski definition) is 12. The Bertz CT molecular complexity index is 1880. The van der Waals surface area contributed by atoms with E-state index in [4.69, 9.17) is 0 Å². The summed E-state index contributed by atoms with van der Waals surface area (Å²) in [6.45, 7) is 2.65. The molecule has 7 rings (SSSR count). The van der Waals surface area contributed by atoms with Crippen molar-refractivity contribution in [3.05, 3.63) is 62.2 Å². The molecule has 0 aliphatic heterocycles. The second-order valence-corrected chi connectivity index (χ2v) is 11.6. The normalized spacial score (nSPS) is 30.9. The number of phenolic OH excluding ortho intramolecular Hbond substituents is 4. The number of fused-ring (bicyclic) bond motifs is 7. The Kier molecular flexibility index (Phi) is 4.80. The fourth-order valence-corrected chi connectivity index (χ4v) is 8.19. The molecule has 42 heavy (non-hydrogen) atoms. The minimum Gasteiger partial charge on any atom is -0.507 e. The molecular formula is C30H22O12. The Morgan fingerprint density at radius 1 is 0.810 bits per heavy atom. The molecule has 2 fully saturated rings. The van der Waals surface area contributed by atoms with Crippen molar-refractivity contribution in [3.63, 3.8) is 0 Å². The van der Waals surface area contributed by atoms with Crippen LogP contribution in [-0.4, -0.2) is 76.9 Å². The van der Waals surface area contributed by atoms with Gasteiger partial charge in [0.15, 0.2) is 28.9 Å². The van der Waals surface area contributed by atoms with Gasteiger partial charge in [-0.3, -0.25) is 24.0 Å². The van der Waals surface area contributed by atoms with Gasteiger partial charge in [0.2, 0.25) is 0 Å². The van der Waals surface area contributed by atoms with E-state index >= 15 is 0 Å². The predicted octanol–water partition coefficient (Wildman–Crippen LogP) is 1.52. The van der Waals surface area contributed by atoms with Crippen molar-refractivity contribution in [1.82, 2.24) is 0 Å². The van der Waals surface area contributed by atoms with E-state index in [0.29, 0.717) is 0 Å². The maximum atomic E-state index is 14.6. The van der Waals surface area contributed by atoms with Gasteiger partial charge in [-0.15, -0.1) is 0 Å². The average molecular weight is 574 g/mol. The summed E-state index contributed by atoms with van der Waals surface area (Å²) in [6, 6.07) is 1.06. The number of aryl methyl sites for hydroxylation is 1. The van der Waals surface area contributed by atoms with Crippen LogP contribution in [0.15, 0.2) is 23.3 Å². The molecule has 6 atom stereocenters. The zero-order chi connectivity index (χ0) is 30.5. The molecule has 12 nitrogen and oxygen atoms in total. The van der Waals surface area contributed by atoms with Crippen molar-refractivity contribution in [2.75, 3.05) is 0 Å². The molecule has 5 aliphatic carbocycles. The number of Topliss-reactive ketones (excluding diaryl/α,β-unsaturated/α-hetero) is 4. The lowest BCUT2D eigenvalue weighted by molar-refractivity contribution is -0.123. The van der Waals surface area contributed by atoms with Gasteiger partial charge in [-0.2, -0.15) is 0 Å². The number of allylic oxidation sites excluding steroid dienone is 3. The third kappa shape index (κ3) is 2.54. The lowest BCUT2D eigenvalue weighted by Gasteiger charge is -2.47. The summed E-state index contributed by atoms with van der Waals surface area (Å²) in [5, 5.41) is 78.7. The highest BCUT2D eigenvalue weighted by Gasteiger charge is 2.76. The number of phenols is 4. The molecule has 0 heterocycles. The quantitative estimate of drug-likeness (QED) is 0.222. The van der Waals surface area contributed by atoms with Gasteiger partial charge >= 0.3 is 0 Å². The van der Waals surface area contributed by atoms with E-state index < -0.39 is 138 Å². The molecule has 1 spiro atoms. The number of rotatable bonds is 0. The first-order chi connectivity index (χ1) is 19.7. The Balaban J connectivity index is 1.62. The molecule has 0 aromatic heterocycles. The van der Waals surface area contributed by atoms with Crippen LogP contribution in [-0.2, 0) is 4.79 Å². The van der Waals surface area contributed by atoms with Gasteiger partial charge in [0.25, 0.3) is 0 Å². The molecule has 0 radical (unpaired) electrons. The van der Waals surface area contributed by atoms with Crippen molar-refractivity contribution in [2.45, 2.75) is 38.4 Å². The molecular weight excluding hydrogens is 552 g/mol. The Hall–Kier alpha value is -4.81. The highest BCUT2D eigenvalue weighted by Crippen LogP contribution is 2.71. The molecule has 12 heteroatoms. The Morgan fingerprint density at radius 3 is 2.14 bits per heavy atom. The first-order valence-electron chi connectivity index (χ1n) is 13.1. The molecule has 5 aliphatic rings. The smallest absolute Gasteiger partial charge is 0.193 e. The number of ketones is 5. The Labute approximate surface area is 235 Å². The van der Waals surface area contributed by atoms with Gasteiger partial charge in [-0.1, -0.05) is 0 Å². The van der Waals surface area contributed by atoms with E-state index in [1.807, 2.05) is 0 Å². The molecule has 2 bridgehead atoms. The monoisotopic (exact) mass is 574 g/mol. The summed E-state index contributed by atoms with van der Waals surface area (Å²) in [7, 11) is 0. The van der Waals surface area contributed by atoms with E-state index in [1.165, 1.54) is 13.8 Å². The van der Waals surface area contributed by atoms with Gasteiger partial charge in [-0.25, -0.2) is 0 Å². The molecule has 2 saturated carbocycles. The van der Waals surface area contributed by atoms with Crippen molar-refractivity contribution in [3.8, 4) is 23.0 Å². The molecule has 214 valence electrons. The zero-order valence-corrected chi connectivity index (χ0v) is 21.9. The SMILES string of the molecule is CC1=CC(=O)c2c(O)c3c(c(O)c2C1=O)C1C(O)C(C3=O)[C@@]23C(=O)c4c(O)c(C)cc(O)c4C(O)=C2C(=O)CC(O)C13. The number of aromatic hydroxyl groups is 4. The molecule has 5 unspecified atom stereocenters. The van der Waals surface area contributed by atoms with Crippen molar-refractivity contribution in [1.29, 1.82) is 0 Å². The van der Waals surface area contributed by atoms with Gasteiger partial charge in [0.05, 0.1) is 56.9 Å². The Morgan fingerprint density at radius 2 is 1.48 bits per heavy atom. The van der Waals surface area contributed by atoms with Crippen LogP contribution in [0.1, 0.15) is 77.4 Å². The number of aliphatic hydroxyl groups excluding tert-OH is 3. The van der Waals surface area contributed by atoms with Gasteiger partial charge < -0.3 is 35.7 Å². The number of carbonyl (C=O) groups is 5. The van der Waals surface area contributed by atoms with Crippen LogP contribution in [0.4, 0.5) is 0 Å². The molecule has 2 aromatic rings. The summed E-state index contributed by atoms with van der Waals surface area (Å²) in [4.78, 5) is 68.3. The van der Waals surface area contributed by atoms with Crippen LogP contribution < -0.4 is 0 Å². The van der Waals surface area contributed by atoms with E-state index in [2.05, 4.69) is 0 Å². The molecule has 7 N–H and O–H groups in total.